The number of amides is 1. The number of carbonyl (C=O) groups is 1. The van der Waals surface area contributed by atoms with Crippen molar-refractivity contribution in [1.29, 1.82) is 0 Å². The molecule has 1 N–H and O–H groups in total. The lowest BCUT2D eigenvalue weighted by molar-refractivity contribution is -0.168. The number of nitrogens with one attached hydrogen (secondary N) is 1. The molecule has 1 heterocycles. The molecule has 0 bridgehead atoms. The maximum Gasteiger partial charge on any atom is 0.252 e. The van der Waals surface area contributed by atoms with E-state index in [1.807, 2.05) is 85.0 Å². The zero-order valence-corrected chi connectivity index (χ0v) is 14.3. The predicted molar refractivity (Wildman–Crippen MR) is 99.6 cm³/mol. The van der Waals surface area contributed by atoms with Crippen molar-refractivity contribution in [1.82, 2.24) is 5.32 Å². The van der Waals surface area contributed by atoms with E-state index in [4.69, 9.17) is 9.47 Å². The van der Waals surface area contributed by atoms with Crippen LogP contribution in [0.5, 0.6) is 0 Å². The molecule has 0 unspecified atom stereocenters. The summed E-state index contributed by atoms with van der Waals surface area (Å²) in [6.07, 6.45) is 6.79. The normalized spacial score (nSPS) is 24.3. The minimum atomic E-state index is -0.623. The molecule has 4 heteroatoms. The summed E-state index contributed by atoms with van der Waals surface area (Å²) >= 11 is 0. The van der Waals surface area contributed by atoms with Gasteiger partial charge in [-0.25, -0.2) is 0 Å². The molecule has 2 aromatic rings. The smallest absolute Gasteiger partial charge is 0.252 e. The molecule has 0 radical (unpaired) electrons. The van der Waals surface area contributed by atoms with Gasteiger partial charge in [-0.3, -0.25) is 4.79 Å². The number of carbonyl (C=O) groups excluding carboxylic acids is 1. The second-order valence-corrected chi connectivity index (χ2v) is 6.42. The standard InChI is InChI=1S/C22H21NO3/c24-22(20-15-25-18-13-7-8-14-19(18)26-20)23-21(16-9-3-1-4-10-16)17-11-5-2-6-12-17/h1-14,18-21H,15H2,(H,23,24)/t18-,19+,20-/m1/s1. The Morgan fingerprint density at radius 1 is 0.885 bits per heavy atom. The van der Waals surface area contributed by atoms with Gasteiger partial charge in [0.1, 0.15) is 12.2 Å². The molecule has 1 fully saturated rings. The number of rotatable bonds is 4. The molecule has 1 amide bonds. The third-order valence-corrected chi connectivity index (χ3v) is 4.64. The van der Waals surface area contributed by atoms with Crippen LogP contribution in [0.15, 0.2) is 85.0 Å². The van der Waals surface area contributed by atoms with E-state index in [1.165, 1.54) is 0 Å². The Hall–Kier alpha value is -2.69. The van der Waals surface area contributed by atoms with Gasteiger partial charge in [0.25, 0.3) is 5.91 Å². The Balaban J connectivity index is 1.51. The van der Waals surface area contributed by atoms with Crippen LogP contribution in [-0.4, -0.2) is 30.8 Å². The minimum Gasteiger partial charge on any atom is -0.368 e. The summed E-state index contributed by atoms with van der Waals surface area (Å²) in [6.45, 7) is 0.251. The van der Waals surface area contributed by atoms with Crippen molar-refractivity contribution in [2.24, 2.45) is 0 Å². The van der Waals surface area contributed by atoms with Crippen LogP contribution in [0.25, 0.3) is 0 Å². The fourth-order valence-electron chi connectivity index (χ4n) is 3.29. The molecular weight excluding hydrogens is 326 g/mol. The number of hydrogen-bond donors (Lipinski definition) is 1. The maximum absolute atomic E-state index is 12.9. The van der Waals surface area contributed by atoms with E-state index in [2.05, 4.69) is 5.32 Å². The van der Waals surface area contributed by atoms with Gasteiger partial charge in [0, 0.05) is 0 Å². The van der Waals surface area contributed by atoms with Crippen molar-refractivity contribution in [3.8, 4) is 0 Å². The first-order valence-corrected chi connectivity index (χ1v) is 8.83. The SMILES string of the molecule is O=C(NC(c1ccccc1)c1ccccc1)[C@H]1CO[C@@H]2C=CC=C[C@@H]2O1. The summed E-state index contributed by atoms with van der Waals surface area (Å²) in [4.78, 5) is 12.9. The highest BCUT2D eigenvalue weighted by molar-refractivity contribution is 5.82. The van der Waals surface area contributed by atoms with Gasteiger partial charge in [-0.15, -0.1) is 0 Å². The summed E-state index contributed by atoms with van der Waals surface area (Å²) in [6, 6.07) is 19.7. The monoisotopic (exact) mass is 347 g/mol. The highest BCUT2D eigenvalue weighted by Gasteiger charge is 2.34. The molecule has 4 rings (SSSR count). The van der Waals surface area contributed by atoms with Gasteiger partial charge in [-0.05, 0) is 11.1 Å². The molecular formula is C22H21NO3. The lowest BCUT2D eigenvalue weighted by Gasteiger charge is -2.35. The predicted octanol–water partition coefficient (Wildman–Crippen LogP) is 3.17. The second kappa shape index (κ2) is 7.68. The Labute approximate surface area is 153 Å². The topological polar surface area (TPSA) is 47.6 Å². The fourth-order valence-corrected chi connectivity index (χ4v) is 3.29. The molecule has 26 heavy (non-hydrogen) atoms. The summed E-state index contributed by atoms with van der Waals surface area (Å²) in [5, 5.41) is 3.13. The third kappa shape index (κ3) is 3.62. The van der Waals surface area contributed by atoms with Crippen LogP contribution in [0.1, 0.15) is 17.2 Å². The van der Waals surface area contributed by atoms with E-state index < -0.39 is 6.10 Å². The van der Waals surface area contributed by atoms with E-state index >= 15 is 0 Å². The minimum absolute atomic E-state index is 0.108. The van der Waals surface area contributed by atoms with E-state index in [1.54, 1.807) is 0 Å². The number of ether oxygens (including phenoxy) is 2. The fraction of sp³-hybridized carbons (Fsp3) is 0.227. The quantitative estimate of drug-likeness (QED) is 0.924. The Bertz CT molecular complexity index is 761. The van der Waals surface area contributed by atoms with Crippen LogP contribution in [0, 0.1) is 0 Å². The van der Waals surface area contributed by atoms with Crippen molar-refractivity contribution >= 4 is 5.91 Å². The average Bonchev–Trinajstić information content (AvgIpc) is 2.72. The van der Waals surface area contributed by atoms with Crippen LogP contribution in [-0.2, 0) is 14.3 Å². The molecule has 1 saturated heterocycles. The van der Waals surface area contributed by atoms with Gasteiger partial charge in [0.2, 0.25) is 0 Å². The van der Waals surface area contributed by atoms with E-state index in [9.17, 15) is 4.79 Å². The first-order valence-electron chi connectivity index (χ1n) is 8.83. The van der Waals surface area contributed by atoms with E-state index in [0.717, 1.165) is 11.1 Å². The summed E-state index contributed by atoms with van der Waals surface area (Å²) in [5.74, 6) is -0.163. The average molecular weight is 347 g/mol. The molecule has 2 aromatic carbocycles. The van der Waals surface area contributed by atoms with Gasteiger partial charge < -0.3 is 14.8 Å². The van der Waals surface area contributed by atoms with Crippen molar-refractivity contribution < 1.29 is 14.3 Å². The highest BCUT2D eigenvalue weighted by Crippen LogP contribution is 2.24. The van der Waals surface area contributed by atoms with Crippen molar-refractivity contribution in [2.75, 3.05) is 6.61 Å². The zero-order chi connectivity index (χ0) is 17.8. The number of hydrogen-bond acceptors (Lipinski definition) is 3. The van der Waals surface area contributed by atoms with Crippen LogP contribution < -0.4 is 5.32 Å². The van der Waals surface area contributed by atoms with E-state index in [-0.39, 0.29) is 30.8 Å². The summed E-state index contributed by atoms with van der Waals surface area (Å²) in [7, 11) is 0. The molecule has 1 aliphatic heterocycles. The molecule has 1 aliphatic carbocycles. The molecule has 3 atom stereocenters. The molecule has 0 aromatic heterocycles. The van der Waals surface area contributed by atoms with Gasteiger partial charge in [-0.2, -0.15) is 0 Å². The van der Waals surface area contributed by atoms with Gasteiger partial charge >= 0.3 is 0 Å². The van der Waals surface area contributed by atoms with Crippen molar-refractivity contribution in [2.45, 2.75) is 24.4 Å². The second-order valence-electron chi connectivity index (χ2n) is 6.42. The number of allylic oxidation sites excluding steroid dienone is 2. The van der Waals surface area contributed by atoms with Gasteiger partial charge in [0.05, 0.1) is 12.6 Å². The molecule has 4 nitrogen and oxygen atoms in total. The van der Waals surface area contributed by atoms with Crippen molar-refractivity contribution in [3.05, 3.63) is 96.1 Å². The molecule has 0 saturated carbocycles. The third-order valence-electron chi connectivity index (χ3n) is 4.64. The van der Waals surface area contributed by atoms with Crippen LogP contribution in [0.4, 0.5) is 0 Å². The summed E-state index contributed by atoms with van der Waals surface area (Å²) < 4.78 is 11.7. The van der Waals surface area contributed by atoms with Crippen LogP contribution in [0.2, 0.25) is 0 Å². The van der Waals surface area contributed by atoms with Gasteiger partial charge in [0.15, 0.2) is 6.10 Å². The lowest BCUT2D eigenvalue weighted by atomic mass is 9.98. The van der Waals surface area contributed by atoms with Gasteiger partial charge in [-0.1, -0.05) is 85.0 Å². The van der Waals surface area contributed by atoms with Crippen LogP contribution >= 0.6 is 0 Å². The summed E-state index contributed by atoms with van der Waals surface area (Å²) in [5.41, 5.74) is 2.06. The first kappa shape index (κ1) is 16.8. The zero-order valence-electron chi connectivity index (χ0n) is 14.3. The molecule has 2 aliphatic rings. The molecule has 0 spiro atoms. The van der Waals surface area contributed by atoms with Crippen LogP contribution in [0.3, 0.4) is 0 Å². The molecule has 132 valence electrons. The maximum atomic E-state index is 12.9. The lowest BCUT2D eigenvalue weighted by Crippen LogP contribution is -2.50. The largest absolute Gasteiger partial charge is 0.368 e. The van der Waals surface area contributed by atoms with E-state index in [0.29, 0.717) is 0 Å². The Morgan fingerprint density at radius 2 is 1.46 bits per heavy atom. The Kier molecular flexibility index (Phi) is 4.95. The highest BCUT2D eigenvalue weighted by atomic mass is 16.6. The number of fused-ring (bicyclic) bond motifs is 1. The van der Waals surface area contributed by atoms with Crippen molar-refractivity contribution in [3.63, 3.8) is 0 Å². The first-order chi connectivity index (χ1) is 12.8. The number of benzene rings is 2. The Morgan fingerprint density at radius 3 is 2.08 bits per heavy atom.